The van der Waals surface area contributed by atoms with Crippen molar-refractivity contribution in [2.24, 2.45) is 5.73 Å². The Morgan fingerprint density at radius 1 is 1.24 bits per heavy atom. The number of nitrogens with two attached hydrogens (primary N) is 1. The predicted molar refractivity (Wildman–Crippen MR) is 75.4 cm³/mol. The van der Waals surface area contributed by atoms with Crippen molar-refractivity contribution in [2.45, 2.75) is 44.4 Å². The SMILES string of the molecule is CCCCS(=O)C(CC)C(N)c1ccccc1. The molecule has 0 aliphatic heterocycles. The zero-order valence-corrected chi connectivity index (χ0v) is 11.6. The van der Waals surface area contributed by atoms with Crippen molar-refractivity contribution in [3.05, 3.63) is 35.9 Å². The molecule has 0 saturated carbocycles. The van der Waals surface area contributed by atoms with Gasteiger partial charge < -0.3 is 5.73 Å². The first kappa shape index (κ1) is 14.4. The standard InChI is InChI=1S/C14H23NOS/c1-3-5-11-17(16)13(4-2)14(15)12-9-7-6-8-10-12/h6-10,13-14H,3-5,11,15H2,1-2H3. The molecule has 0 heterocycles. The zero-order chi connectivity index (χ0) is 12.7. The zero-order valence-electron chi connectivity index (χ0n) is 10.8. The highest BCUT2D eigenvalue weighted by molar-refractivity contribution is 7.85. The summed E-state index contributed by atoms with van der Waals surface area (Å²) in [7, 11) is -0.813. The Morgan fingerprint density at radius 3 is 2.41 bits per heavy atom. The highest BCUT2D eigenvalue weighted by Gasteiger charge is 2.23. The first-order valence-electron chi connectivity index (χ1n) is 6.38. The third-order valence-electron chi connectivity index (χ3n) is 3.02. The molecule has 0 amide bonds. The molecule has 0 fully saturated rings. The van der Waals surface area contributed by atoms with E-state index < -0.39 is 10.8 Å². The van der Waals surface area contributed by atoms with E-state index in [0.717, 1.165) is 30.6 Å². The van der Waals surface area contributed by atoms with Crippen molar-refractivity contribution in [1.82, 2.24) is 0 Å². The number of hydrogen-bond donors (Lipinski definition) is 1. The van der Waals surface area contributed by atoms with E-state index in [2.05, 4.69) is 13.8 Å². The molecule has 2 N–H and O–H groups in total. The molecule has 17 heavy (non-hydrogen) atoms. The molecular formula is C14H23NOS. The second-order valence-corrected chi connectivity index (χ2v) is 6.10. The first-order valence-corrected chi connectivity index (χ1v) is 7.76. The Morgan fingerprint density at radius 2 is 1.88 bits per heavy atom. The number of rotatable bonds is 7. The minimum absolute atomic E-state index is 0.0731. The van der Waals surface area contributed by atoms with Crippen LogP contribution < -0.4 is 5.73 Å². The minimum Gasteiger partial charge on any atom is -0.323 e. The van der Waals surface area contributed by atoms with E-state index >= 15 is 0 Å². The van der Waals surface area contributed by atoms with Crippen LogP contribution in [-0.2, 0) is 10.8 Å². The fourth-order valence-corrected chi connectivity index (χ4v) is 3.66. The maximum Gasteiger partial charge on any atom is 0.0538 e. The number of unbranched alkanes of at least 4 members (excludes halogenated alkanes) is 1. The summed E-state index contributed by atoms with van der Waals surface area (Å²) >= 11 is 0. The van der Waals surface area contributed by atoms with Gasteiger partial charge in [0.1, 0.15) is 0 Å². The van der Waals surface area contributed by atoms with E-state index in [4.69, 9.17) is 5.73 Å². The third kappa shape index (κ3) is 4.25. The van der Waals surface area contributed by atoms with E-state index in [0.29, 0.717) is 0 Å². The number of hydrogen-bond acceptors (Lipinski definition) is 2. The fourth-order valence-electron chi connectivity index (χ4n) is 1.93. The second-order valence-electron chi connectivity index (χ2n) is 4.32. The smallest absolute Gasteiger partial charge is 0.0538 e. The molecule has 0 radical (unpaired) electrons. The normalized spacial score (nSPS) is 16.4. The average molecular weight is 253 g/mol. The van der Waals surface area contributed by atoms with Crippen LogP contribution in [0.15, 0.2) is 30.3 Å². The molecule has 1 aromatic rings. The highest BCUT2D eigenvalue weighted by Crippen LogP contribution is 2.21. The average Bonchev–Trinajstić information content (AvgIpc) is 2.38. The largest absolute Gasteiger partial charge is 0.323 e. The molecule has 3 unspecified atom stereocenters. The van der Waals surface area contributed by atoms with Gasteiger partial charge in [-0.2, -0.15) is 0 Å². The van der Waals surface area contributed by atoms with Gasteiger partial charge in [0.2, 0.25) is 0 Å². The topological polar surface area (TPSA) is 43.1 Å². The Bertz CT molecular complexity index is 339. The molecule has 1 aromatic carbocycles. The van der Waals surface area contributed by atoms with Crippen LogP contribution in [0.25, 0.3) is 0 Å². The van der Waals surface area contributed by atoms with Crippen molar-refractivity contribution in [1.29, 1.82) is 0 Å². The molecule has 0 bridgehead atoms. The van der Waals surface area contributed by atoms with Gasteiger partial charge in [0.05, 0.1) is 5.25 Å². The van der Waals surface area contributed by atoms with Crippen LogP contribution in [0.5, 0.6) is 0 Å². The van der Waals surface area contributed by atoms with Crippen molar-refractivity contribution in [3.8, 4) is 0 Å². The van der Waals surface area contributed by atoms with Crippen molar-refractivity contribution in [2.75, 3.05) is 5.75 Å². The Balaban J connectivity index is 2.70. The molecule has 0 aromatic heterocycles. The molecule has 0 spiro atoms. The highest BCUT2D eigenvalue weighted by atomic mass is 32.2. The Labute approximate surface area is 107 Å². The van der Waals surface area contributed by atoms with E-state index in [1.165, 1.54) is 0 Å². The maximum absolute atomic E-state index is 12.2. The molecule has 96 valence electrons. The molecule has 0 aliphatic carbocycles. The van der Waals surface area contributed by atoms with Gasteiger partial charge in [-0.3, -0.25) is 4.21 Å². The maximum atomic E-state index is 12.2. The Kier molecular flexibility index (Phi) is 6.45. The van der Waals surface area contributed by atoms with E-state index in [1.54, 1.807) is 0 Å². The molecular weight excluding hydrogens is 230 g/mol. The van der Waals surface area contributed by atoms with Gasteiger partial charge in [0, 0.05) is 22.6 Å². The summed E-state index contributed by atoms with van der Waals surface area (Å²) in [6.45, 7) is 4.19. The molecule has 3 heteroatoms. The van der Waals surface area contributed by atoms with Crippen LogP contribution in [0, 0.1) is 0 Å². The van der Waals surface area contributed by atoms with Gasteiger partial charge in [-0.25, -0.2) is 0 Å². The summed E-state index contributed by atoms with van der Waals surface area (Å²) in [6.07, 6.45) is 2.97. The van der Waals surface area contributed by atoms with Crippen molar-refractivity contribution >= 4 is 10.8 Å². The van der Waals surface area contributed by atoms with Crippen LogP contribution in [-0.4, -0.2) is 15.2 Å². The lowest BCUT2D eigenvalue weighted by Crippen LogP contribution is -2.31. The van der Waals surface area contributed by atoms with Crippen molar-refractivity contribution < 1.29 is 4.21 Å². The number of benzene rings is 1. The second kappa shape index (κ2) is 7.62. The molecule has 3 atom stereocenters. The first-order chi connectivity index (χ1) is 8.20. The van der Waals surface area contributed by atoms with Crippen molar-refractivity contribution in [3.63, 3.8) is 0 Å². The quantitative estimate of drug-likeness (QED) is 0.811. The summed E-state index contributed by atoms with van der Waals surface area (Å²) in [6, 6.07) is 9.87. The molecule has 0 saturated heterocycles. The molecule has 0 aliphatic rings. The van der Waals surface area contributed by atoms with Gasteiger partial charge in [-0.1, -0.05) is 50.6 Å². The Hall–Kier alpha value is -0.670. The van der Waals surface area contributed by atoms with Crippen LogP contribution >= 0.6 is 0 Å². The van der Waals surface area contributed by atoms with Gasteiger partial charge in [-0.05, 0) is 18.4 Å². The summed E-state index contributed by atoms with van der Waals surface area (Å²) < 4.78 is 12.2. The lowest BCUT2D eigenvalue weighted by molar-refractivity contribution is 0.610. The molecule has 1 rings (SSSR count). The van der Waals surface area contributed by atoms with E-state index in [9.17, 15) is 4.21 Å². The van der Waals surface area contributed by atoms with E-state index in [-0.39, 0.29) is 11.3 Å². The summed E-state index contributed by atoms with van der Waals surface area (Å²) in [5, 5.41) is 0.0731. The van der Waals surface area contributed by atoms with Gasteiger partial charge in [0.15, 0.2) is 0 Å². The monoisotopic (exact) mass is 253 g/mol. The summed E-state index contributed by atoms with van der Waals surface area (Å²) in [4.78, 5) is 0. The lowest BCUT2D eigenvalue weighted by atomic mass is 10.0. The molecule has 2 nitrogen and oxygen atoms in total. The van der Waals surface area contributed by atoms with Crippen LogP contribution in [0.4, 0.5) is 0 Å². The van der Waals surface area contributed by atoms with Crippen LogP contribution in [0.2, 0.25) is 0 Å². The minimum atomic E-state index is -0.813. The fraction of sp³-hybridized carbons (Fsp3) is 0.571. The predicted octanol–water partition coefficient (Wildman–Crippen LogP) is 3.01. The van der Waals surface area contributed by atoms with Crippen LogP contribution in [0.1, 0.15) is 44.7 Å². The summed E-state index contributed by atoms with van der Waals surface area (Å²) in [5.74, 6) is 0.773. The van der Waals surface area contributed by atoms with Gasteiger partial charge in [0.25, 0.3) is 0 Å². The van der Waals surface area contributed by atoms with E-state index in [1.807, 2.05) is 30.3 Å². The van der Waals surface area contributed by atoms with Crippen LogP contribution in [0.3, 0.4) is 0 Å². The lowest BCUT2D eigenvalue weighted by Gasteiger charge is -2.22. The third-order valence-corrected chi connectivity index (χ3v) is 5.02. The summed E-state index contributed by atoms with van der Waals surface area (Å²) in [5.41, 5.74) is 7.32. The van der Waals surface area contributed by atoms with Gasteiger partial charge in [-0.15, -0.1) is 0 Å². The van der Waals surface area contributed by atoms with Gasteiger partial charge >= 0.3 is 0 Å².